The first kappa shape index (κ1) is 11.6. The van der Waals surface area contributed by atoms with Gasteiger partial charge in [-0.15, -0.1) is 0 Å². The van der Waals surface area contributed by atoms with E-state index in [1.165, 1.54) is 0 Å². The Morgan fingerprint density at radius 1 is 1.19 bits per heavy atom. The fourth-order valence-electron chi connectivity index (χ4n) is 1.49. The molecule has 2 rings (SSSR count). The van der Waals surface area contributed by atoms with Crippen LogP contribution in [0.1, 0.15) is 21.6 Å². The van der Waals surface area contributed by atoms with E-state index in [9.17, 15) is 4.79 Å². The second-order valence-corrected chi connectivity index (χ2v) is 5.03. The highest BCUT2D eigenvalue weighted by molar-refractivity contribution is 9.13. The summed E-state index contributed by atoms with van der Waals surface area (Å²) >= 11 is 6.76. The fraction of sp³-hybridized carbons (Fsp3) is 0.0833. The van der Waals surface area contributed by atoms with Crippen molar-refractivity contribution in [1.29, 1.82) is 0 Å². The molecule has 0 aliphatic heterocycles. The van der Waals surface area contributed by atoms with Crippen LogP contribution in [0, 0.1) is 6.92 Å². The summed E-state index contributed by atoms with van der Waals surface area (Å²) in [6.45, 7) is 1.90. The zero-order chi connectivity index (χ0) is 11.7. The summed E-state index contributed by atoms with van der Waals surface area (Å²) in [6, 6.07) is 9.23. The Morgan fingerprint density at radius 2 is 1.81 bits per heavy atom. The van der Waals surface area contributed by atoms with Gasteiger partial charge in [0.1, 0.15) is 0 Å². The van der Waals surface area contributed by atoms with Crippen molar-refractivity contribution in [2.75, 3.05) is 0 Å². The number of hydrogen-bond acceptors (Lipinski definition) is 1. The number of carbonyl (C=O) groups excluding carboxylic acids is 1. The fourth-order valence-corrected chi connectivity index (χ4v) is 2.29. The molecule has 0 bridgehead atoms. The van der Waals surface area contributed by atoms with Gasteiger partial charge in [-0.2, -0.15) is 0 Å². The predicted molar refractivity (Wildman–Crippen MR) is 70.8 cm³/mol. The Morgan fingerprint density at radius 3 is 2.31 bits per heavy atom. The SMILES string of the molecule is Cc1c(C(=O)c2ccccc2)[nH]c(Br)c1Br. The van der Waals surface area contributed by atoms with Crippen LogP contribution in [0.3, 0.4) is 0 Å². The van der Waals surface area contributed by atoms with Gasteiger partial charge in [0.05, 0.1) is 14.8 Å². The summed E-state index contributed by atoms with van der Waals surface area (Å²) in [5.74, 6) is 0.00417. The van der Waals surface area contributed by atoms with Gasteiger partial charge < -0.3 is 4.98 Å². The normalized spacial score (nSPS) is 10.4. The minimum Gasteiger partial charge on any atom is -0.345 e. The lowest BCUT2D eigenvalue weighted by atomic mass is 10.1. The van der Waals surface area contributed by atoms with Gasteiger partial charge in [-0.1, -0.05) is 30.3 Å². The van der Waals surface area contributed by atoms with Gasteiger partial charge in [-0.25, -0.2) is 0 Å². The molecule has 0 spiro atoms. The van der Waals surface area contributed by atoms with Crippen molar-refractivity contribution >= 4 is 37.6 Å². The van der Waals surface area contributed by atoms with Crippen molar-refractivity contribution in [3.63, 3.8) is 0 Å². The highest BCUT2D eigenvalue weighted by Gasteiger charge is 2.17. The largest absolute Gasteiger partial charge is 0.345 e. The lowest BCUT2D eigenvalue weighted by molar-refractivity contribution is 0.103. The van der Waals surface area contributed by atoms with E-state index in [2.05, 4.69) is 36.8 Å². The Labute approximate surface area is 110 Å². The van der Waals surface area contributed by atoms with Gasteiger partial charge in [-0.05, 0) is 44.3 Å². The molecule has 0 amide bonds. The Balaban J connectivity index is 2.46. The molecule has 0 unspecified atom stereocenters. The molecule has 0 radical (unpaired) electrons. The molecule has 1 aromatic carbocycles. The molecule has 0 saturated heterocycles. The van der Waals surface area contributed by atoms with Crippen LogP contribution < -0.4 is 0 Å². The van der Waals surface area contributed by atoms with Gasteiger partial charge in [0.2, 0.25) is 5.78 Å². The van der Waals surface area contributed by atoms with Gasteiger partial charge in [0.25, 0.3) is 0 Å². The average molecular weight is 343 g/mol. The monoisotopic (exact) mass is 341 g/mol. The first-order valence-electron chi connectivity index (χ1n) is 4.74. The molecule has 1 N–H and O–H groups in total. The number of hydrogen-bond donors (Lipinski definition) is 1. The van der Waals surface area contributed by atoms with Gasteiger partial charge in [0, 0.05) is 5.56 Å². The summed E-state index contributed by atoms with van der Waals surface area (Å²) in [4.78, 5) is 15.2. The third-order valence-electron chi connectivity index (χ3n) is 2.39. The molecular weight excluding hydrogens is 334 g/mol. The summed E-state index contributed by atoms with van der Waals surface area (Å²) in [5, 5.41) is 0. The Hall–Kier alpha value is -0.870. The lowest BCUT2D eigenvalue weighted by Crippen LogP contribution is -2.03. The first-order valence-corrected chi connectivity index (χ1v) is 6.33. The molecule has 82 valence electrons. The van der Waals surface area contributed by atoms with Crippen LogP contribution in [-0.4, -0.2) is 10.8 Å². The highest BCUT2D eigenvalue weighted by Crippen LogP contribution is 2.29. The highest BCUT2D eigenvalue weighted by atomic mass is 79.9. The number of benzene rings is 1. The molecule has 0 saturated carbocycles. The summed E-state index contributed by atoms with van der Waals surface area (Å²) in [6.07, 6.45) is 0. The number of halogens is 2. The third-order valence-corrected chi connectivity index (χ3v) is 4.51. The quantitative estimate of drug-likeness (QED) is 0.819. The molecule has 0 aliphatic rings. The van der Waals surface area contributed by atoms with Crippen molar-refractivity contribution < 1.29 is 4.79 Å². The van der Waals surface area contributed by atoms with E-state index in [4.69, 9.17) is 0 Å². The number of aromatic nitrogens is 1. The number of aromatic amines is 1. The second-order valence-electron chi connectivity index (χ2n) is 3.45. The van der Waals surface area contributed by atoms with E-state index in [1.807, 2.05) is 37.3 Å². The first-order chi connectivity index (χ1) is 7.61. The summed E-state index contributed by atoms with van der Waals surface area (Å²) in [7, 11) is 0. The second kappa shape index (κ2) is 4.55. The van der Waals surface area contributed by atoms with E-state index < -0.39 is 0 Å². The maximum atomic E-state index is 12.2. The van der Waals surface area contributed by atoms with Crippen molar-refractivity contribution in [1.82, 2.24) is 4.98 Å². The topological polar surface area (TPSA) is 32.9 Å². The predicted octanol–water partition coefficient (Wildman–Crippen LogP) is 4.08. The van der Waals surface area contributed by atoms with Crippen LogP contribution >= 0.6 is 31.9 Å². The summed E-state index contributed by atoms with van der Waals surface area (Å²) < 4.78 is 1.69. The average Bonchev–Trinajstić information content (AvgIpc) is 2.57. The molecule has 0 aliphatic carbocycles. The summed E-state index contributed by atoms with van der Waals surface area (Å²) in [5.41, 5.74) is 2.22. The van der Waals surface area contributed by atoms with Crippen LogP contribution in [0.4, 0.5) is 0 Å². The Kier molecular flexibility index (Phi) is 3.30. The van der Waals surface area contributed by atoms with Gasteiger partial charge in [-0.3, -0.25) is 4.79 Å². The van der Waals surface area contributed by atoms with Crippen LogP contribution in [0.5, 0.6) is 0 Å². The van der Waals surface area contributed by atoms with Crippen molar-refractivity contribution in [3.05, 3.63) is 56.2 Å². The zero-order valence-corrected chi connectivity index (χ0v) is 11.7. The Bertz CT molecular complexity index is 531. The minimum absolute atomic E-state index is 0.00417. The van der Waals surface area contributed by atoms with Crippen molar-refractivity contribution in [2.45, 2.75) is 6.92 Å². The van der Waals surface area contributed by atoms with E-state index in [-0.39, 0.29) is 5.78 Å². The van der Waals surface area contributed by atoms with E-state index >= 15 is 0 Å². The van der Waals surface area contributed by atoms with Crippen LogP contribution in [0.15, 0.2) is 39.4 Å². The molecular formula is C12H9Br2NO. The number of carbonyl (C=O) groups is 1. The van der Waals surface area contributed by atoms with Crippen LogP contribution in [0.2, 0.25) is 0 Å². The minimum atomic E-state index is 0.00417. The number of ketones is 1. The van der Waals surface area contributed by atoms with Crippen molar-refractivity contribution in [3.8, 4) is 0 Å². The van der Waals surface area contributed by atoms with Crippen LogP contribution in [-0.2, 0) is 0 Å². The van der Waals surface area contributed by atoms with Gasteiger partial charge >= 0.3 is 0 Å². The van der Waals surface area contributed by atoms with Crippen molar-refractivity contribution in [2.24, 2.45) is 0 Å². The molecule has 2 aromatic rings. The zero-order valence-electron chi connectivity index (χ0n) is 8.55. The maximum Gasteiger partial charge on any atom is 0.209 e. The standard InChI is InChI=1S/C12H9Br2NO/c1-7-9(13)12(14)15-10(7)11(16)8-5-3-2-4-6-8/h2-6,15H,1H3. The molecule has 16 heavy (non-hydrogen) atoms. The molecule has 1 heterocycles. The molecule has 0 fully saturated rings. The lowest BCUT2D eigenvalue weighted by Gasteiger charge is -1.99. The van der Waals surface area contributed by atoms with E-state index in [0.29, 0.717) is 11.3 Å². The van der Waals surface area contributed by atoms with Crippen LogP contribution in [0.25, 0.3) is 0 Å². The van der Waals surface area contributed by atoms with Gasteiger partial charge in [0.15, 0.2) is 0 Å². The van der Waals surface area contributed by atoms with E-state index in [0.717, 1.165) is 14.6 Å². The third kappa shape index (κ3) is 1.99. The van der Waals surface area contributed by atoms with E-state index in [1.54, 1.807) is 0 Å². The smallest absolute Gasteiger partial charge is 0.209 e. The number of nitrogens with one attached hydrogen (secondary N) is 1. The number of rotatable bonds is 2. The maximum absolute atomic E-state index is 12.2. The molecule has 4 heteroatoms. The molecule has 0 atom stereocenters. The number of H-pyrrole nitrogens is 1. The molecule has 2 nitrogen and oxygen atoms in total. The molecule has 1 aromatic heterocycles.